The first kappa shape index (κ1) is 21.7. The number of piperazine rings is 1. The number of rotatable bonds is 2. The van der Waals surface area contributed by atoms with Gasteiger partial charge in [0, 0.05) is 25.3 Å². The number of halogens is 3. The van der Waals surface area contributed by atoms with Gasteiger partial charge in [-0.1, -0.05) is 34.6 Å². The molecule has 0 aliphatic carbocycles. The molecule has 3 nitrogen and oxygen atoms in total. The average Bonchev–Trinajstić information content (AvgIpc) is 2.58. The molecule has 1 aromatic rings. The molecule has 1 aliphatic rings. The molecule has 1 aromatic heterocycles. The highest BCUT2D eigenvalue weighted by molar-refractivity contribution is 5.47. The van der Waals surface area contributed by atoms with E-state index in [0.29, 0.717) is 25.3 Å². The van der Waals surface area contributed by atoms with E-state index < -0.39 is 12.2 Å². The van der Waals surface area contributed by atoms with Crippen LogP contribution in [0.2, 0.25) is 0 Å². The molecule has 1 aliphatic heterocycles. The Bertz CT molecular complexity index is 418. The molecule has 0 bridgehead atoms. The number of aryl methyl sites for hydroxylation is 1. The third-order valence-electron chi connectivity index (χ3n) is 3.52. The van der Waals surface area contributed by atoms with E-state index in [2.05, 4.69) is 4.98 Å². The lowest BCUT2D eigenvalue weighted by Gasteiger charge is -2.42. The first-order chi connectivity index (χ1) is 10.9. The molecule has 0 saturated carbocycles. The van der Waals surface area contributed by atoms with E-state index in [-0.39, 0.29) is 6.54 Å². The third-order valence-corrected chi connectivity index (χ3v) is 3.52. The van der Waals surface area contributed by atoms with Crippen LogP contribution in [0.5, 0.6) is 0 Å². The van der Waals surface area contributed by atoms with Crippen LogP contribution in [0, 0.1) is 6.92 Å². The fourth-order valence-corrected chi connectivity index (χ4v) is 2.35. The van der Waals surface area contributed by atoms with Crippen molar-refractivity contribution in [3.63, 3.8) is 0 Å². The molecule has 0 aromatic carbocycles. The van der Waals surface area contributed by atoms with E-state index in [1.54, 1.807) is 12.1 Å². The summed E-state index contributed by atoms with van der Waals surface area (Å²) in [5, 5.41) is 0. The van der Waals surface area contributed by atoms with Crippen LogP contribution in [0.4, 0.5) is 18.9 Å². The van der Waals surface area contributed by atoms with E-state index >= 15 is 0 Å². The molecule has 0 radical (unpaired) electrons. The van der Waals surface area contributed by atoms with Crippen LogP contribution in [0.3, 0.4) is 0 Å². The lowest BCUT2D eigenvalue weighted by atomic mass is 10.1. The summed E-state index contributed by atoms with van der Waals surface area (Å²) in [6.45, 7) is 13.4. The van der Waals surface area contributed by atoms with Gasteiger partial charge in [0.15, 0.2) is 0 Å². The molecule has 1 fully saturated rings. The number of anilines is 1. The predicted octanol–water partition coefficient (Wildman–Crippen LogP) is 4.52. The van der Waals surface area contributed by atoms with Crippen molar-refractivity contribution >= 4 is 5.69 Å². The van der Waals surface area contributed by atoms with E-state index in [9.17, 15) is 13.2 Å². The second kappa shape index (κ2) is 10.5. The van der Waals surface area contributed by atoms with Crippen molar-refractivity contribution in [2.45, 2.75) is 53.8 Å². The number of pyridine rings is 1. The van der Waals surface area contributed by atoms with Gasteiger partial charge in [-0.2, -0.15) is 13.2 Å². The second-order valence-electron chi connectivity index (χ2n) is 4.80. The first-order valence-electron chi connectivity index (χ1n) is 8.40. The second-order valence-corrected chi connectivity index (χ2v) is 4.80. The lowest BCUT2D eigenvalue weighted by Crippen LogP contribution is -2.59. The van der Waals surface area contributed by atoms with Crippen molar-refractivity contribution in [2.24, 2.45) is 0 Å². The maximum Gasteiger partial charge on any atom is 0.409 e. The Morgan fingerprint density at radius 2 is 1.74 bits per heavy atom. The minimum atomic E-state index is -4.22. The van der Waals surface area contributed by atoms with Gasteiger partial charge in [-0.3, -0.25) is 9.88 Å². The molecule has 6 heteroatoms. The van der Waals surface area contributed by atoms with Gasteiger partial charge in [0.1, 0.15) is 6.04 Å². The third kappa shape index (κ3) is 6.37. The van der Waals surface area contributed by atoms with E-state index in [0.717, 1.165) is 5.69 Å². The molecule has 0 amide bonds. The highest BCUT2D eigenvalue weighted by atomic mass is 19.4. The molecule has 1 saturated heterocycles. The van der Waals surface area contributed by atoms with Crippen LogP contribution >= 0.6 is 0 Å². The maximum atomic E-state index is 13.2. The van der Waals surface area contributed by atoms with E-state index in [1.165, 1.54) is 11.1 Å². The standard InChI is InChI=1S/C13H18F3N3.2C2H6/c1-3-18-6-7-19(12(9-18)13(14,15)16)11-5-4-10(2)17-8-11;2*1-2/h4-5,8,12H,3,6-7,9H2,1-2H3;2*1-2H3. The highest BCUT2D eigenvalue weighted by Crippen LogP contribution is 2.31. The Labute approximate surface area is 138 Å². The summed E-state index contributed by atoms with van der Waals surface area (Å²) in [4.78, 5) is 7.33. The highest BCUT2D eigenvalue weighted by Gasteiger charge is 2.46. The van der Waals surface area contributed by atoms with E-state index in [4.69, 9.17) is 0 Å². The monoisotopic (exact) mass is 333 g/mol. The van der Waals surface area contributed by atoms with Crippen molar-refractivity contribution in [2.75, 3.05) is 31.1 Å². The van der Waals surface area contributed by atoms with Crippen molar-refractivity contribution in [3.8, 4) is 0 Å². The molecular weight excluding hydrogens is 303 g/mol. The summed E-state index contributed by atoms with van der Waals surface area (Å²) in [6.07, 6.45) is -2.70. The largest absolute Gasteiger partial charge is 0.409 e. The molecule has 1 atom stereocenters. The molecule has 1 unspecified atom stereocenters. The number of hydrogen-bond acceptors (Lipinski definition) is 3. The van der Waals surface area contributed by atoms with Gasteiger partial charge in [-0.05, 0) is 25.6 Å². The Balaban J connectivity index is 0.00000112. The molecule has 23 heavy (non-hydrogen) atoms. The topological polar surface area (TPSA) is 19.4 Å². The fourth-order valence-electron chi connectivity index (χ4n) is 2.35. The molecule has 0 spiro atoms. The van der Waals surface area contributed by atoms with Gasteiger partial charge in [0.05, 0.1) is 11.9 Å². The van der Waals surface area contributed by atoms with Crippen LogP contribution in [0.1, 0.15) is 40.3 Å². The number of hydrogen-bond donors (Lipinski definition) is 0. The first-order valence-corrected chi connectivity index (χ1v) is 8.40. The zero-order valence-electron chi connectivity index (χ0n) is 15.1. The summed E-state index contributed by atoms with van der Waals surface area (Å²) in [7, 11) is 0. The van der Waals surface area contributed by atoms with Gasteiger partial charge in [0.2, 0.25) is 0 Å². The van der Waals surface area contributed by atoms with Gasteiger partial charge in [-0.25, -0.2) is 0 Å². The number of aromatic nitrogens is 1. The Morgan fingerprint density at radius 1 is 1.13 bits per heavy atom. The maximum absolute atomic E-state index is 13.2. The number of nitrogens with zero attached hydrogens (tertiary/aromatic N) is 3. The van der Waals surface area contributed by atoms with Crippen molar-refractivity contribution in [3.05, 3.63) is 24.0 Å². The molecule has 0 N–H and O–H groups in total. The molecule has 2 rings (SSSR count). The molecule has 134 valence electrons. The minimum absolute atomic E-state index is 0.0217. The quantitative estimate of drug-likeness (QED) is 0.793. The summed E-state index contributed by atoms with van der Waals surface area (Å²) >= 11 is 0. The molecule has 2 heterocycles. The normalized spacial score (nSPS) is 18.5. The van der Waals surface area contributed by atoms with Gasteiger partial charge in [0.25, 0.3) is 0 Å². The predicted molar refractivity (Wildman–Crippen MR) is 91.0 cm³/mol. The Hall–Kier alpha value is -1.30. The summed E-state index contributed by atoms with van der Waals surface area (Å²) in [5.74, 6) is 0. The van der Waals surface area contributed by atoms with Crippen molar-refractivity contribution in [1.82, 2.24) is 9.88 Å². The lowest BCUT2D eigenvalue weighted by molar-refractivity contribution is -0.156. The minimum Gasteiger partial charge on any atom is -0.356 e. The van der Waals surface area contributed by atoms with Crippen LogP contribution < -0.4 is 4.90 Å². The summed E-state index contributed by atoms with van der Waals surface area (Å²) < 4.78 is 39.5. The van der Waals surface area contributed by atoms with Crippen LogP contribution in [-0.4, -0.2) is 48.3 Å². The van der Waals surface area contributed by atoms with E-state index in [1.807, 2.05) is 46.4 Å². The number of alkyl halides is 3. The van der Waals surface area contributed by atoms with Gasteiger partial charge in [-0.15, -0.1) is 0 Å². The van der Waals surface area contributed by atoms with Crippen LogP contribution in [0.25, 0.3) is 0 Å². The number of likely N-dealkylation sites (N-methyl/N-ethyl adjacent to an activating group) is 1. The zero-order valence-corrected chi connectivity index (χ0v) is 15.1. The Morgan fingerprint density at radius 3 is 2.17 bits per heavy atom. The van der Waals surface area contributed by atoms with Gasteiger partial charge < -0.3 is 4.90 Å². The zero-order chi connectivity index (χ0) is 18.0. The van der Waals surface area contributed by atoms with Crippen LogP contribution in [-0.2, 0) is 0 Å². The van der Waals surface area contributed by atoms with Crippen molar-refractivity contribution in [1.29, 1.82) is 0 Å². The average molecular weight is 333 g/mol. The van der Waals surface area contributed by atoms with Crippen molar-refractivity contribution < 1.29 is 13.2 Å². The van der Waals surface area contributed by atoms with Gasteiger partial charge >= 0.3 is 6.18 Å². The Kier molecular flexibility index (Phi) is 9.88. The fraction of sp³-hybridized carbons (Fsp3) is 0.706. The molecular formula is C17H30F3N3. The van der Waals surface area contributed by atoms with Crippen LogP contribution in [0.15, 0.2) is 18.3 Å². The summed E-state index contributed by atoms with van der Waals surface area (Å²) in [5.41, 5.74) is 1.35. The smallest absolute Gasteiger partial charge is 0.356 e. The SMILES string of the molecule is CC.CC.CCN1CCN(c2ccc(C)nc2)C(C(F)(F)F)C1. The summed E-state index contributed by atoms with van der Waals surface area (Å²) in [6, 6.07) is 2.00.